The molecule has 0 bridgehead atoms. The third kappa shape index (κ3) is 2.60. The predicted octanol–water partition coefficient (Wildman–Crippen LogP) is -0.790. The molecular formula is C7H14N4O2. The minimum absolute atomic E-state index is 0.349. The van der Waals surface area contributed by atoms with Crippen molar-refractivity contribution in [3.05, 3.63) is 16.6 Å². The molecule has 1 aromatic rings. The van der Waals surface area contributed by atoms with Crippen molar-refractivity contribution in [1.82, 2.24) is 10.1 Å². The molecule has 0 atom stereocenters. The molecule has 74 valence electrons. The van der Waals surface area contributed by atoms with Gasteiger partial charge in [0.2, 0.25) is 0 Å². The van der Waals surface area contributed by atoms with Crippen LogP contribution in [-0.4, -0.2) is 37.2 Å². The Morgan fingerprint density at radius 1 is 1.54 bits per heavy atom. The van der Waals surface area contributed by atoms with E-state index in [1.165, 1.54) is 11.2 Å². The van der Waals surface area contributed by atoms with Crippen LogP contribution in [0.4, 0.5) is 5.69 Å². The lowest BCUT2D eigenvalue weighted by molar-refractivity contribution is 0.390. The molecule has 0 aliphatic rings. The largest absolute Gasteiger partial charge is 0.381 e. The van der Waals surface area contributed by atoms with Gasteiger partial charge in [-0.1, -0.05) is 0 Å². The van der Waals surface area contributed by atoms with Gasteiger partial charge >= 0.3 is 5.63 Å². The maximum Gasteiger partial charge on any atom is 0.381 e. The average molecular weight is 186 g/mol. The minimum Gasteiger partial charge on any atom is -0.337 e. The van der Waals surface area contributed by atoms with E-state index >= 15 is 0 Å². The first kappa shape index (κ1) is 9.82. The van der Waals surface area contributed by atoms with Crippen molar-refractivity contribution < 1.29 is 4.52 Å². The third-order valence-corrected chi connectivity index (χ3v) is 1.65. The Hall–Kier alpha value is -1.27. The molecule has 0 fully saturated rings. The molecule has 0 aliphatic heterocycles. The molecule has 1 heterocycles. The number of likely N-dealkylation sites (N-methyl/N-ethyl adjacent to an activating group) is 1. The zero-order valence-electron chi connectivity index (χ0n) is 7.78. The van der Waals surface area contributed by atoms with Crippen LogP contribution >= 0.6 is 0 Å². The molecule has 0 saturated carbocycles. The van der Waals surface area contributed by atoms with E-state index in [-0.39, 0.29) is 0 Å². The molecule has 1 rings (SSSR count). The molecule has 0 radical (unpaired) electrons. The summed E-state index contributed by atoms with van der Waals surface area (Å²) in [5.74, 6) is 5.62. The molecule has 6 nitrogen and oxygen atoms in total. The van der Waals surface area contributed by atoms with Gasteiger partial charge < -0.3 is 14.4 Å². The van der Waals surface area contributed by atoms with Crippen molar-refractivity contribution >= 4 is 5.69 Å². The molecule has 0 spiro atoms. The maximum absolute atomic E-state index is 11.0. The summed E-state index contributed by atoms with van der Waals surface area (Å²) < 4.78 is 4.48. The van der Waals surface area contributed by atoms with Gasteiger partial charge in [-0.2, -0.15) is 0 Å². The first-order valence-corrected chi connectivity index (χ1v) is 3.95. The van der Waals surface area contributed by atoms with E-state index in [1.807, 2.05) is 19.0 Å². The SMILES string of the molecule is CN(C)CCN(N)c1c[nH]oc1=O. The molecule has 0 saturated heterocycles. The lowest BCUT2D eigenvalue weighted by Gasteiger charge is -2.17. The molecule has 1 aromatic heterocycles. The highest BCUT2D eigenvalue weighted by Crippen LogP contribution is 2.00. The number of aromatic amines is 1. The first-order chi connectivity index (χ1) is 6.11. The van der Waals surface area contributed by atoms with Crippen LogP contribution in [0.25, 0.3) is 0 Å². The van der Waals surface area contributed by atoms with Gasteiger partial charge in [-0.15, -0.1) is 0 Å². The van der Waals surface area contributed by atoms with Crippen LogP contribution in [0.15, 0.2) is 15.5 Å². The average Bonchev–Trinajstić information content (AvgIpc) is 2.47. The second-order valence-corrected chi connectivity index (χ2v) is 3.03. The molecular weight excluding hydrogens is 172 g/mol. The van der Waals surface area contributed by atoms with Crippen molar-refractivity contribution in [2.75, 3.05) is 32.2 Å². The number of anilines is 1. The molecule has 13 heavy (non-hydrogen) atoms. The van der Waals surface area contributed by atoms with Gasteiger partial charge in [0, 0.05) is 13.1 Å². The van der Waals surface area contributed by atoms with Crippen LogP contribution in [-0.2, 0) is 0 Å². The second kappa shape index (κ2) is 4.11. The maximum atomic E-state index is 11.0. The van der Waals surface area contributed by atoms with Crippen molar-refractivity contribution in [3.8, 4) is 0 Å². The van der Waals surface area contributed by atoms with Crippen molar-refractivity contribution in [2.24, 2.45) is 5.84 Å². The highest BCUT2D eigenvalue weighted by Gasteiger charge is 2.08. The molecule has 6 heteroatoms. The van der Waals surface area contributed by atoms with Gasteiger partial charge in [0.15, 0.2) is 5.69 Å². The Labute approximate surface area is 75.8 Å². The molecule has 0 amide bonds. The summed E-state index contributed by atoms with van der Waals surface area (Å²) in [5, 5.41) is 3.71. The van der Waals surface area contributed by atoms with E-state index in [0.29, 0.717) is 12.2 Å². The van der Waals surface area contributed by atoms with E-state index in [0.717, 1.165) is 6.54 Å². The number of hydrogen-bond acceptors (Lipinski definition) is 5. The fourth-order valence-corrected chi connectivity index (χ4v) is 0.878. The summed E-state index contributed by atoms with van der Waals surface area (Å²) in [5.41, 5.74) is -0.0943. The fraction of sp³-hybridized carbons (Fsp3) is 0.571. The topological polar surface area (TPSA) is 78.5 Å². The summed E-state index contributed by atoms with van der Waals surface area (Å²) in [6.07, 6.45) is 1.44. The number of H-pyrrole nitrogens is 1. The number of hydrogen-bond donors (Lipinski definition) is 2. The Kier molecular flexibility index (Phi) is 3.10. The normalized spacial score (nSPS) is 10.8. The van der Waals surface area contributed by atoms with Crippen molar-refractivity contribution in [2.45, 2.75) is 0 Å². The summed E-state index contributed by atoms with van der Waals surface area (Å²) >= 11 is 0. The zero-order chi connectivity index (χ0) is 9.84. The van der Waals surface area contributed by atoms with Crippen LogP contribution in [0.5, 0.6) is 0 Å². The lowest BCUT2D eigenvalue weighted by atomic mass is 10.5. The van der Waals surface area contributed by atoms with Crippen LogP contribution < -0.4 is 16.5 Å². The van der Waals surface area contributed by atoms with E-state index < -0.39 is 5.63 Å². The number of aromatic nitrogens is 1. The number of nitrogens with two attached hydrogens (primary N) is 1. The van der Waals surface area contributed by atoms with Crippen LogP contribution in [0.1, 0.15) is 0 Å². The molecule has 3 N–H and O–H groups in total. The summed E-state index contributed by atoms with van der Waals surface area (Å²) in [6, 6.07) is 0. The number of hydrazine groups is 1. The highest BCUT2D eigenvalue weighted by atomic mass is 16.5. The van der Waals surface area contributed by atoms with Gasteiger partial charge in [-0.3, -0.25) is 0 Å². The van der Waals surface area contributed by atoms with Gasteiger partial charge in [-0.25, -0.2) is 15.8 Å². The summed E-state index contributed by atoms with van der Waals surface area (Å²) in [7, 11) is 3.88. The van der Waals surface area contributed by atoms with E-state index in [1.54, 1.807) is 0 Å². The number of nitrogens with zero attached hydrogens (tertiary/aromatic N) is 2. The summed E-state index contributed by atoms with van der Waals surface area (Å²) in [6.45, 7) is 1.36. The Balaban J connectivity index is 2.54. The fourth-order valence-electron chi connectivity index (χ4n) is 0.878. The number of nitrogens with one attached hydrogen (secondary N) is 1. The first-order valence-electron chi connectivity index (χ1n) is 3.95. The third-order valence-electron chi connectivity index (χ3n) is 1.65. The van der Waals surface area contributed by atoms with Gasteiger partial charge in [-0.05, 0) is 14.1 Å². The van der Waals surface area contributed by atoms with Gasteiger partial charge in [0.25, 0.3) is 0 Å². The minimum atomic E-state index is -0.443. The van der Waals surface area contributed by atoms with Gasteiger partial charge in [0.1, 0.15) is 0 Å². The van der Waals surface area contributed by atoms with Gasteiger partial charge in [0.05, 0.1) is 6.20 Å². The monoisotopic (exact) mass is 186 g/mol. The second-order valence-electron chi connectivity index (χ2n) is 3.03. The quantitative estimate of drug-likeness (QED) is 0.476. The van der Waals surface area contributed by atoms with Crippen molar-refractivity contribution in [1.29, 1.82) is 0 Å². The lowest BCUT2D eigenvalue weighted by Crippen LogP contribution is -2.38. The molecule has 0 aromatic carbocycles. The Morgan fingerprint density at radius 2 is 2.23 bits per heavy atom. The standard InChI is InChI=1S/C7H14N4O2/c1-10(2)3-4-11(8)6-5-9-13-7(6)12/h5,9H,3-4,8H2,1-2H3. The van der Waals surface area contributed by atoms with Crippen LogP contribution in [0, 0.1) is 0 Å². The summed E-state index contributed by atoms with van der Waals surface area (Å²) in [4.78, 5) is 13.0. The van der Waals surface area contributed by atoms with E-state index in [2.05, 4.69) is 9.68 Å². The Bertz CT molecular complexity index is 303. The predicted molar refractivity (Wildman–Crippen MR) is 49.4 cm³/mol. The Morgan fingerprint density at radius 3 is 2.69 bits per heavy atom. The number of rotatable bonds is 4. The van der Waals surface area contributed by atoms with E-state index in [4.69, 9.17) is 5.84 Å². The smallest absolute Gasteiger partial charge is 0.337 e. The molecule has 0 aliphatic carbocycles. The van der Waals surface area contributed by atoms with Crippen LogP contribution in [0.3, 0.4) is 0 Å². The van der Waals surface area contributed by atoms with Crippen LogP contribution in [0.2, 0.25) is 0 Å². The van der Waals surface area contributed by atoms with E-state index in [9.17, 15) is 4.79 Å². The molecule has 0 unspecified atom stereocenters. The highest BCUT2D eigenvalue weighted by molar-refractivity contribution is 5.38. The van der Waals surface area contributed by atoms with Crippen molar-refractivity contribution in [3.63, 3.8) is 0 Å². The zero-order valence-corrected chi connectivity index (χ0v) is 7.78.